The lowest BCUT2D eigenvalue weighted by atomic mass is 10.0. The lowest BCUT2D eigenvalue weighted by molar-refractivity contribution is -0.127. The summed E-state index contributed by atoms with van der Waals surface area (Å²) in [6.45, 7) is 1.90. The van der Waals surface area contributed by atoms with Crippen molar-refractivity contribution in [2.75, 3.05) is 20.1 Å². The van der Waals surface area contributed by atoms with Gasteiger partial charge in [0.15, 0.2) is 0 Å². The predicted octanol–water partition coefficient (Wildman–Crippen LogP) is 2.86. The molecular formula is C21H26N2O2. The number of hydrogen-bond acceptors (Lipinski definition) is 3. The number of likely N-dealkylation sites (N-methyl/N-ethyl adjacent to an activating group) is 1. The topological polar surface area (TPSA) is 32.8 Å². The molecule has 2 aliphatic carbocycles. The third-order valence-electron chi connectivity index (χ3n) is 6.50. The maximum atomic E-state index is 13.1. The van der Waals surface area contributed by atoms with Crippen molar-refractivity contribution < 1.29 is 9.53 Å². The van der Waals surface area contributed by atoms with Crippen LogP contribution in [0, 0.1) is 0 Å². The molecule has 4 nitrogen and oxygen atoms in total. The smallest absolute Gasteiger partial charge is 0.254 e. The number of fused-ring (bicyclic) bond motifs is 3. The van der Waals surface area contributed by atoms with Crippen molar-refractivity contribution in [1.29, 1.82) is 0 Å². The van der Waals surface area contributed by atoms with Crippen molar-refractivity contribution in [2.45, 2.75) is 56.7 Å². The summed E-state index contributed by atoms with van der Waals surface area (Å²) in [5, 5.41) is 0. The molecule has 5 rings (SSSR count). The Hall–Kier alpha value is -1.81. The minimum Gasteiger partial charge on any atom is -0.490 e. The van der Waals surface area contributed by atoms with Gasteiger partial charge < -0.3 is 9.64 Å². The molecular weight excluding hydrogens is 312 g/mol. The molecule has 2 bridgehead atoms. The van der Waals surface area contributed by atoms with E-state index in [1.165, 1.54) is 31.2 Å². The number of ether oxygens (including phenoxy) is 1. The van der Waals surface area contributed by atoms with E-state index in [9.17, 15) is 4.79 Å². The zero-order valence-corrected chi connectivity index (χ0v) is 14.9. The van der Waals surface area contributed by atoms with Crippen molar-refractivity contribution in [3.63, 3.8) is 0 Å². The summed E-state index contributed by atoms with van der Waals surface area (Å²) in [4.78, 5) is 17.6. The van der Waals surface area contributed by atoms with Crippen LogP contribution in [0.3, 0.4) is 0 Å². The van der Waals surface area contributed by atoms with Gasteiger partial charge in [0, 0.05) is 30.7 Å². The number of amides is 1. The molecule has 2 saturated heterocycles. The Bertz CT molecular complexity index is 733. The highest BCUT2D eigenvalue weighted by molar-refractivity contribution is 6.21. The molecule has 0 spiro atoms. The van der Waals surface area contributed by atoms with Crippen molar-refractivity contribution >= 4 is 11.5 Å². The minimum atomic E-state index is 0.226. The fraction of sp³-hybridized carbons (Fsp3) is 0.571. The molecule has 2 atom stereocenters. The molecule has 0 N–H and O–H groups in total. The Kier molecular flexibility index (Phi) is 3.63. The van der Waals surface area contributed by atoms with Crippen LogP contribution in [0.25, 0.3) is 5.57 Å². The van der Waals surface area contributed by atoms with Crippen LogP contribution in [-0.4, -0.2) is 54.0 Å². The summed E-state index contributed by atoms with van der Waals surface area (Å²) in [5.41, 5.74) is 3.25. The number of likely N-dealkylation sites (tertiary alicyclic amines) is 2. The second-order valence-corrected chi connectivity index (χ2v) is 8.11. The number of rotatable bonds is 3. The molecule has 1 saturated carbocycles. The number of piperazine rings is 1. The van der Waals surface area contributed by atoms with Gasteiger partial charge in [0.1, 0.15) is 5.75 Å². The predicted molar refractivity (Wildman–Crippen MR) is 97.5 cm³/mol. The van der Waals surface area contributed by atoms with E-state index in [-0.39, 0.29) is 5.91 Å². The molecule has 2 aliphatic heterocycles. The van der Waals surface area contributed by atoms with E-state index in [4.69, 9.17) is 4.74 Å². The first-order chi connectivity index (χ1) is 12.2. The van der Waals surface area contributed by atoms with Crippen LogP contribution in [0.5, 0.6) is 5.75 Å². The molecule has 1 amide bonds. The van der Waals surface area contributed by atoms with Crippen molar-refractivity contribution in [3.8, 4) is 5.75 Å². The molecule has 25 heavy (non-hydrogen) atoms. The molecule has 0 aromatic heterocycles. The van der Waals surface area contributed by atoms with Gasteiger partial charge in [-0.15, -0.1) is 0 Å². The normalized spacial score (nSPS) is 28.5. The molecule has 2 heterocycles. The van der Waals surface area contributed by atoms with E-state index >= 15 is 0 Å². The Morgan fingerprint density at radius 1 is 1.16 bits per heavy atom. The van der Waals surface area contributed by atoms with Gasteiger partial charge in [-0.25, -0.2) is 0 Å². The van der Waals surface area contributed by atoms with E-state index in [1.54, 1.807) is 0 Å². The number of nitrogens with zero attached hydrogens (tertiary/aromatic N) is 2. The number of carbonyl (C=O) groups is 1. The van der Waals surface area contributed by atoms with E-state index in [1.807, 2.05) is 6.07 Å². The second kappa shape index (κ2) is 5.87. The zero-order valence-electron chi connectivity index (χ0n) is 14.9. The Morgan fingerprint density at radius 3 is 2.72 bits per heavy atom. The highest BCUT2D eigenvalue weighted by Crippen LogP contribution is 2.36. The SMILES string of the molecule is CN1C[C@@H]2C[C@H]1CN2C(=O)C1=CCc2cc(OC3CCCC3)ccc21. The second-order valence-electron chi connectivity index (χ2n) is 8.11. The number of benzene rings is 1. The van der Waals surface area contributed by atoms with E-state index in [2.05, 4.69) is 35.1 Å². The van der Waals surface area contributed by atoms with Gasteiger partial charge >= 0.3 is 0 Å². The summed E-state index contributed by atoms with van der Waals surface area (Å²) in [6, 6.07) is 7.24. The first-order valence-corrected chi connectivity index (χ1v) is 9.70. The van der Waals surface area contributed by atoms with Crippen LogP contribution in [0.4, 0.5) is 0 Å². The standard InChI is InChI=1S/C21H26N2O2/c1-22-12-16-11-15(22)13-23(16)21(24)20-8-6-14-10-18(7-9-19(14)20)25-17-4-2-3-5-17/h7-10,15-17H,2-6,11-13H2,1H3/t15-,16-/m0/s1. The number of hydrogen-bond donors (Lipinski definition) is 0. The van der Waals surface area contributed by atoms with Crippen molar-refractivity contribution in [3.05, 3.63) is 35.4 Å². The highest BCUT2D eigenvalue weighted by Gasteiger charge is 2.44. The van der Waals surface area contributed by atoms with Crippen LogP contribution in [0.1, 0.15) is 43.2 Å². The van der Waals surface area contributed by atoms with Gasteiger partial charge in [0.25, 0.3) is 5.91 Å². The first-order valence-electron chi connectivity index (χ1n) is 9.70. The molecule has 0 unspecified atom stereocenters. The fourth-order valence-corrected chi connectivity index (χ4v) is 5.07. The van der Waals surface area contributed by atoms with E-state index < -0.39 is 0 Å². The molecule has 4 aliphatic rings. The van der Waals surface area contributed by atoms with Crippen LogP contribution in [0.2, 0.25) is 0 Å². The van der Waals surface area contributed by atoms with Gasteiger partial charge in [-0.1, -0.05) is 12.1 Å². The van der Waals surface area contributed by atoms with Crippen molar-refractivity contribution in [2.24, 2.45) is 0 Å². The van der Waals surface area contributed by atoms with Gasteiger partial charge in [0.2, 0.25) is 0 Å². The van der Waals surface area contributed by atoms with Crippen LogP contribution >= 0.6 is 0 Å². The van der Waals surface area contributed by atoms with Crippen LogP contribution in [0.15, 0.2) is 24.3 Å². The van der Waals surface area contributed by atoms with E-state index in [0.717, 1.165) is 42.8 Å². The molecule has 132 valence electrons. The maximum Gasteiger partial charge on any atom is 0.254 e. The molecule has 0 radical (unpaired) electrons. The van der Waals surface area contributed by atoms with E-state index in [0.29, 0.717) is 18.2 Å². The Morgan fingerprint density at radius 2 is 2.00 bits per heavy atom. The van der Waals surface area contributed by atoms with Gasteiger partial charge in [-0.3, -0.25) is 9.69 Å². The highest BCUT2D eigenvalue weighted by atomic mass is 16.5. The average Bonchev–Trinajstić information content (AvgIpc) is 3.37. The fourth-order valence-electron chi connectivity index (χ4n) is 5.07. The maximum absolute atomic E-state index is 13.1. The number of allylic oxidation sites excluding steroid dienone is 1. The Balaban J connectivity index is 1.32. The summed E-state index contributed by atoms with van der Waals surface area (Å²) in [6.07, 6.45) is 9.38. The molecule has 4 heteroatoms. The third-order valence-corrected chi connectivity index (χ3v) is 6.50. The molecule has 1 aromatic carbocycles. The minimum absolute atomic E-state index is 0.226. The van der Waals surface area contributed by atoms with Gasteiger partial charge in [0.05, 0.1) is 6.10 Å². The lowest BCUT2D eigenvalue weighted by Gasteiger charge is -2.32. The summed E-state index contributed by atoms with van der Waals surface area (Å²) in [5.74, 6) is 1.19. The summed E-state index contributed by atoms with van der Waals surface area (Å²) in [7, 11) is 2.17. The quantitative estimate of drug-likeness (QED) is 0.850. The Labute approximate surface area is 149 Å². The van der Waals surface area contributed by atoms with Crippen LogP contribution in [-0.2, 0) is 11.2 Å². The molecule has 1 aromatic rings. The van der Waals surface area contributed by atoms with Crippen LogP contribution < -0.4 is 4.74 Å². The summed E-state index contributed by atoms with van der Waals surface area (Å²) >= 11 is 0. The van der Waals surface area contributed by atoms with Crippen molar-refractivity contribution in [1.82, 2.24) is 9.80 Å². The van der Waals surface area contributed by atoms with Gasteiger partial charge in [-0.2, -0.15) is 0 Å². The molecule has 3 fully saturated rings. The lowest BCUT2D eigenvalue weighted by Crippen LogP contribution is -2.47. The van der Waals surface area contributed by atoms with Gasteiger partial charge in [-0.05, 0) is 68.8 Å². The summed E-state index contributed by atoms with van der Waals surface area (Å²) < 4.78 is 6.12. The first kappa shape index (κ1) is 15.4. The monoisotopic (exact) mass is 338 g/mol. The largest absolute Gasteiger partial charge is 0.490 e. The zero-order chi connectivity index (χ0) is 17.0. The third kappa shape index (κ3) is 2.58. The average molecular weight is 338 g/mol. The number of carbonyl (C=O) groups excluding carboxylic acids is 1.